The first-order valence-corrected chi connectivity index (χ1v) is 8.89. The smallest absolute Gasteiger partial charge is 0.346 e. The first-order chi connectivity index (χ1) is 14.5. The molecule has 0 aliphatic heterocycles. The number of carboxylic acid groups (broad SMARTS) is 1. The zero-order valence-electron chi connectivity index (χ0n) is 15.7. The Labute approximate surface area is 171 Å². The first kappa shape index (κ1) is 20.7. The summed E-state index contributed by atoms with van der Waals surface area (Å²) in [5, 5.41) is 23.6. The van der Waals surface area contributed by atoms with E-state index >= 15 is 4.39 Å². The summed E-state index contributed by atoms with van der Waals surface area (Å²) in [5.74, 6) is -2.31. The number of halogens is 1. The van der Waals surface area contributed by atoms with Crippen molar-refractivity contribution in [2.24, 2.45) is 4.99 Å². The highest BCUT2D eigenvalue weighted by Gasteiger charge is 2.18. The number of anilines is 4. The molecular formula is C20H19FN6O3. The van der Waals surface area contributed by atoms with Crippen LogP contribution in [0.15, 0.2) is 53.5 Å². The molecule has 0 saturated carbocycles. The third-order valence-electron chi connectivity index (χ3n) is 3.91. The van der Waals surface area contributed by atoms with Gasteiger partial charge in [0.05, 0.1) is 12.3 Å². The topological polar surface area (TPSA) is 146 Å². The summed E-state index contributed by atoms with van der Waals surface area (Å²) in [4.78, 5) is 22.6. The fraction of sp³-hybridized carbons (Fsp3) is 0.100. The van der Waals surface area contributed by atoms with E-state index in [1.165, 1.54) is 6.07 Å². The molecule has 0 aliphatic carbocycles. The van der Waals surface area contributed by atoms with Gasteiger partial charge in [0.25, 0.3) is 0 Å². The Bertz CT molecular complexity index is 1090. The second-order valence-corrected chi connectivity index (χ2v) is 6.06. The number of carboxylic acids is 1. The van der Waals surface area contributed by atoms with Gasteiger partial charge in [-0.25, -0.2) is 19.2 Å². The van der Waals surface area contributed by atoms with E-state index in [0.29, 0.717) is 18.4 Å². The fourth-order valence-corrected chi connectivity index (χ4v) is 2.68. The molecule has 1 aromatic heterocycles. The van der Waals surface area contributed by atoms with Gasteiger partial charge in [-0.05, 0) is 24.3 Å². The SMILES string of the molecule is Nc1nc(Nc2cccc(NCCO)c2)c(F)c(-c2ccccc2N=CC(=O)O)n1. The highest BCUT2D eigenvalue weighted by molar-refractivity contribution is 6.22. The van der Waals surface area contributed by atoms with Crippen LogP contribution >= 0.6 is 0 Å². The molecule has 0 amide bonds. The summed E-state index contributed by atoms with van der Waals surface area (Å²) in [7, 11) is 0. The van der Waals surface area contributed by atoms with Crippen LogP contribution in [0.4, 0.5) is 33.2 Å². The molecule has 0 atom stereocenters. The van der Waals surface area contributed by atoms with Gasteiger partial charge in [-0.1, -0.05) is 24.3 Å². The average Bonchev–Trinajstić information content (AvgIpc) is 2.73. The number of para-hydroxylation sites is 1. The molecule has 0 saturated heterocycles. The van der Waals surface area contributed by atoms with Gasteiger partial charge in [-0.2, -0.15) is 4.98 Å². The van der Waals surface area contributed by atoms with Gasteiger partial charge in [-0.15, -0.1) is 0 Å². The lowest BCUT2D eigenvalue weighted by Gasteiger charge is -2.13. The maximum atomic E-state index is 15.2. The van der Waals surface area contributed by atoms with E-state index in [4.69, 9.17) is 15.9 Å². The highest BCUT2D eigenvalue weighted by atomic mass is 19.1. The maximum absolute atomic E-state index is 15.2. The number of hydrogen-bond donors (Lipinski definition) is 5. The van der Waals surface area contributed by atoms with Crippen molar-refractivity contribution in [3.8, 4) is 11.3 Å². The van der Waals surface area contributed by atoms with Crippen LogP contribution in [0, 0.1) is 5.82 Å². The van der Waals surface area contributed by atoms with Crippen molar-refractivity contribution in [3.63, 3.8) is 0 Å². The maximum Gasteiger partial charge on any atom is 0.346 e. The number of aliphatic hydroxyl groups excluding tert-OH is 1. The molecule has 30 heavy (non-hydrogen) atoms. The number of carbonyl (C=O) groups is 1. The van der Waals surface area contributed by atoms with Gasteiger partial charge in [0.1, 0.15) is 11.9 Å². The summed E-state index contributed by atoms with van der Waals surface area (Å²) in [6.07, 6.45) is 0.714. The number of nitrogen functional groups attached to an aromatic ring is 1. The Kier molecular flexibility index (Phi) is 6.50. The van der Waals surface area contributed by atoms with Crippen LogP contribution in [0.5, 0.6) is 0 Å². The Balaban J connectivity index is 1.99. The molecule has 0 bridgehead atoms. The summed E-state index contributed by atoms with van der Waals surface area (Å²) >= 11 is 0. The third-order valence-corrected chi connectivity index (χ3v) is 3.91. The minimum absolute atomic E-state index is 0.0259. The molecule has 154 valence electrons. The van der Waals surface area contributed by atoms with Crippen LogP contribution < -0.4 is 16.4 Å². The van der Waals surface area contributed by atoms with Crippen molar-refractivity contribution >= 4 is 41.0 Å². The molecule has 6 N–H and O–H groups in total. The minimum Gasteiger partial charge on any atom is -0.477 e. The van der Waals surface area contributed by atoms with E-state index in [0.717, 1.165) is 5.69 Å². The summed E-state index contributed by atoms with van der Waals surface area (Å²) in [6, 6.07) is 13.4. The van der Waals surface area contributed by atoms with Crippen molar-refractivity contribution in [1.82, 2.24) is 9.97 Å². The van der Waals surface area contributed by atoms with E-state index in [1.54, 1.807) is 42.5 Å². The van der Waals surface area contributed by atoms with Gasteiger partial charge in [0.15, 0.2) is 11.6 Å². The van der Waals surface area contributed by atoms with Crippen LogP contribution in [-0.4, -0.2) is 45.5 Å². The lowest BCUT2D eigenvalue weighted by Crippen LogP contribution is -2.07. The number of rotatable bonds is 8. The van der Waals surface area contributed by atoms with E-state index < -0.39 is 11.8 Å². The molecule has 10 heteroatoms. The van der Waals surface area contributed by atoms with Gasteiger partial charge >= 0.3 is 5.97 Å². The number of aromatic nitrogens is 2. The Morgan fingerprint density at radius 3 is 2.70 bits per heavy atom. The Hall–Kier alpha value is -4.05. The average molecular weight is 410 g/mol. The molecule has 0 unspecified atom stereocenters. The van der Waals surface area contributed by atoms with Crippen molar-refractivity contribution in [1.29, 1.82) is 0 Å². The van der Waals surface area contributed by atoms with E-state index in [9.17, 15) is 4.79 Å². The van der Waals surface area contributed by atoms with Gasteiger partial charge < -0.3 is 26.6 Å². The van der Waals surface area contributed by atoms with Crippen LogP contribution in [0.2, 0.25) is 0 Å². The zero-order chi connectivity index (χ0) is 21.5. The predicted molar refractivity (Wildman–Crippen MR) is 113 cm³/mol. The molecule has 9 nitrogen and oxygen atoms in total. The van der Waals surface area contributed by atoms with Gasteiger partial charge in [0, 0.05) is 23.5 Å². The number of nitrogens with two attached hydrogens (primary N) is 1. The lowest BCUT2D eigenvalue weighted by molar-refractivity contribution is -0.128. The van der Waals surface area contributed by atoms with Crippen molar-refractivity contribution in [2.45, 2.75) is 0 Å². The quantitative estimate of drug-likeness (QED) is 0.356. The number of aliphatic imine (C=N–C) groups is 1. The number of hydrogen-bond acceptors (Lipinski definition) is 8. The standard InChI is InChI=1S/C20H19FN6O3/c21-17-18(14-6-1-2-7-15(14)24-11-16(29)30)26-20(22)27-19(17)25-13-5-3-4-12(10-13)23-8-9-28/h1-7,10-11,23,28H,8-9H2,(H,29,30)(H3,22,25,26,27). The number of nitrogens with one attached hydrogen (secondary N) is 2. The normalized spacial score (nSPS) is 10.9. The van der Waals surface area contributed by atoms with Crippen LogP contribution in [0.25, 0.3) is 11.3 Å². The first-order valence-electron chi connectivity index (χ1n) is 8.89. The van der Waals surface area contributed by atoms with Crippen LogP contribution in [0.3, 0.4) is 0 Å². The number of aliphatic carboxylic acids is 1. The summed E-state index contributed by atoms with van der Waals surface area (Å²) in [5.41, 5.74) is 7.43. The van der Waals surface area contributed by atoms with Crippen LogP contribution in [0.1, 0.15) is 0 Å². The molecule has 0 aliphatic rings. The number of nitrogens with zero attached hydrogens (tertiary/aromatic N) is 3. The molecule has 1 heterocycles. The van der Waals surface area contributed by atoms with Crippen molar-refractivity contribution in [2.75, 3.05) is 29.5 Å². The predicted octanol–water partition coefficient (Wildman–Crippen LogP) is 2.80. The van der Waals surface area contributed by atoms with E-state index in [2.05, 4.69) is 25.6 Å². The second-order valence-electron chi connectivity index (χ2n) is 6.06. The Morgan fingerprint density at radius 1 is 1.17 bits per heavy atom. The van der Waals surface area contributed by atoms with Gasteiger partial charge in [-0.3, -0.25) is 0 Å². The number of benzene rings is 2. The van der Waals surface area contributed by atoms with E-state index in [1.807, 2.05) is 0 Å². The molecule has 3 aromatic rings. The minimum atomic E-state index is -1.23. The summed E-state index contributed by atoms with van der Waals surface area (Å²) in [6.45, 7) is 0.345. The van der Waals surface area contributed by atoms with Crippen molar-refractivity contribution in [3.05, 3.63) is 54.3 Å². The lowest BCUT2D eigenvalue weighted by atomic mass is 10.1. The Morgan fingerprint density at radius 2 is 1.93 bits per heavy atom. The molecule has 0 spiro atoms. The number of aliphatic hydroxyl groups is 1. The third kappa shape index (κ3) is 5.06. The molecule has 3 rings (SSSR count). The highest BCUT2D eigenvalue weighted by Crippen LogP contribution is 2.33. The molecule has 0 fully saturated rings. The fourth-order valence-electron chi connectivity index (χ4n) is 2.68. The summed E-state index contributed by atoms with van der Waals surface area (Å²) < 4.78 is 15.2. The van der Waals surface area contributed by atoms with Crippen LogP contribution in [-0.2, 0) is 4.79 Å². The molecule has 2 aromatic carbocycles. The van der Waals surface area contributed by atoms with E-state index in [-0.39, 0.29) is 35.3 Å². The largest absolute Gasteiger partial charge is 0.477 e. The second kappa shape index (κ2) is 9.43. The zero-order valence-corrected chi connectivity index (χ0v) is 15.7. The molecular weight excluding hydrogens is 391 g/mol. The van der Waals surface area contributed by atoms with Gasteiger partial charge in [0.2, 0.25) is 5.95 Å². The monoisotopic (exact) mass is 410 g/mol. The molecule has 0 radical (unpaired) electrons. The van der Waals surface area contributed by atoms with Crippen molar-refractivity contribution < 1.29 is 19.4 Å².